The Hall–Kier alpha value is -0.510. The van der Waals surface area contributed by atoms with E-state index in [0.29, 0.717) is 5.25 Å². The number of guanidine groups is 1. The molecule has 1 heterocycles. The molecule has 148 valence electrons. The molecule has 0 saturated carbocycles. The number of likely N-dealkylation sites (N-methyl/N-ethyl adjacent to an activating group) is 1. The molecule has 1 aromatic carbocycles. The molecule has 0 amide bonds. The van der Waals surface area contributed by atoms with Crippen molar-refractivity contribution in [3.63, 3.8) is 0 Å². The van der Waals surface area contributed by atoms with Crippen LogP contribution >= 0.6 is 35.7 Å². The minimum absolute atomic E-state index is 0. The predicted octanol–water partition coefficient (Wildman–Crippen LogP) is 2.59. The quantitative estimate of drug-likeness (QED) is 0.253. The van der Waals surface area contributed by atoms with E-state index in [-0.39, 0.29) is 24.0 Å². The van der Waals surface area contributed by atoms with E-state index in [0.717, 1.165) is 25.6 Å². The summed E-state index contributed by atoms with van der Waals surface area (Å²) >= 11 is 1.89. The Morgan fingerprint density at radius 1 is 1.12 bits per heavy atom. The Morgan fingerprint density at radius 3 is 2.38 bits per heavy atom. The topological polar surface area (TPSA) is 42.9 Å². The molecular weight excluding hydrogens is 457 g/mol. The molecular formula is C19H34IN5S. The van der Waals surface area contributed by atoms with Crippen LogP contribution in [0.25, 0.3) is 0 Å². The molecule has 0 radical (unpaired) electrons. The minimum atomic E-state index is 0. The summed E-state index contributed by atoms with van der Waals surface area (Å²) in [4.78, 5) is 10.7. The molecule has 0 aliphatic carbocycles. The van der Waals surface area contributed by atoms with Crippen molar-refractivity contribution in [1.29, 1.82) is 0 Å². The maximum absolute atomic E-state index is 4.33. The number of thioether (sulfide) groups is 1. The van der Waals surface area contributed by atoms with Gasteiger partial charge in [0.1, 0.15) is 0 Å². The maximum Gasteiger partial charge on any atom is 0.191 e. The highest BCUT2D eigenvalue weighted by atomic mass is 127. The lowest BCUT2D eigenvalue weighted by molar-refractivity contribution is 0.139. The summed E-state index contributed by atoms with van der Waals surface area (Å²) in [5.74, 6) is 0.896. The fourth-order valence-corrected chi connectivity index (χ4v) is 3.84. The van der Waals surface area contributed by atoms with Crippen LogP contribution in [0, 0.1) is 0 Å². The molecule has 1 atom stereocenters. The van der Waals surface area contributed by atoms with E-state index < -0.39 is 0 Å². The zero-order chi connectivity index (χ0) is 17.9. The van der Waals surface area contributed by atoms with Crippen LogP contribution < -0.4 is 10.6 Å². The Balaban J connectivity index is 0.00000338. The maximum atomic E-state index is 4.33. The second-order valence-electron chi connectivity index (χ2n) is 6.40. The third kappa shape index (κ3) is 8.92. The van der Waals surface area contributed by atoms with E-state index in [1.807, 2.05) is 18.8 Å². The van der Waals surface area contributed by atoms with E-state index >= 15 is 0 Å². The van der Waals surface area contributed by atoms with Crippen LogP contribution in [-0.4, -0.2) is 80.4 Å². The molecule has 2 rings (SSSR count). The Morgan fingerprint density at radius 2 is 1.77 bits per heavy atom. The lowest BCUT2D eigenvalue weighted by atomic mass is 10.3. The summed E-state index contributed by atoms with van der Waals surface area (Å²) in [6.07, 6.45) is 0. The first-order valence-electron chi connectivity index (χ1n) is 9.32. The molecule has 0 bridgehead atoms. The first kappa shape index (κ1) is 23.5. The molecule has 26 heavy (non-hydrogen) atoms. The van der Waals surface area contributed by atoms with Gasteiger partial charge in [-0.3, -0.25) is 9.89 Å². The normalized spacial score (nSPS) is 17.4. The van der Waals surface area contributed by atoms with E-state index in [1.54, 1.807) is 0 Å². The summed E-state index contributed by atoms with van der Waals surface area (Å²) in [5, 5.41) is 7.36. The van der Waals surface area contributed by atoms with Gasteiger partial charge in [0.05, 0.1) is 0 Å². The standard InChI is InChI=1S/C19H33N5S.HI/c1-4-23-12-14-24(15-13-23)11-10-21-19(20-3)22-16-17(2)25-18-8-6-5-7-9-18;/h5-9,17H,4,10-16H2,1-3H3,(H2,20,21,22);1H. The number of rotatable bonds is 8. The van der Waals surface area contributed by atoms with Crippen LogP contribution in [-0.2, 0) is 0 Å². The SMILES string of the molecule is CCN1CCN(CCNC(=NC)NCC(C)Sc2ccccc2)CC1.I. The highest BCUT2D eigenvalue weighted by Crippen LogP contribution is 2.21. The van der Waals surface area contributed by atoms with Gasteiger partial charge >= 0.3 is 0 Å². The van der Waals surface area contributed by atoms with Crippen LogP contribution in [0.2, 0.25) is 0 Å². The average molecular weight is 491 g/mol. The van der Waals surface area contributed by atoms with Gasteiger partial charge in [-0.15, -0.1) is 35.7 Å². The smallest absolute Gasteiger partial charge is 0.191 e. The van der Waals surface area contributed by atoms with E-state index in [4.69, 9.17) is 0 Å². The average Bonchev–Trinajstić information content (AvgIpc) is 2.66. The van der Waals surface area contributed by atoms with E-state index in [2.05, 4.69) is 69.6 Å². The van der Waals surface area contributed by atoms with Gasteiger partial charge in [-0.25, -0.2) is 0 Å². The van der Waals surface area contributed by atoms with Gasteiger partial charge in [-0.05, 0) is 18.7 Å². The predicted molar refractivity (Wildman–Crippen MR) is 125 cm³/mol. The fraction of sp³-hybridized carbons (Fsp3) is 0.632. The third-order valence-corrected chi connectivity index (χ3v) is 5.61. The molecule has 1 aromatic rings. The summed E-state index contributed by atoms with van der Waals surface area (Å²) in [6.45, 7) is 13.3. The molecule has 1 aliphatic rings. The molecule has 5 nitrogen and oxygen atoms in total. The number of aliphatic imine (C=N–C) groups is 1. The lowest BCUT2D eigenvalue weighted by Crippen LogP contribution is -2.49. The molecule has 0 spiro atoms. The second kappa shape index (κ2) is 13.6. The second-order valence-corrected chi connectivity index (χ2v) is 7.91. The van der Waals surface area contributed by atoms with E-state index in [9.17, 15) is 0 Å². The summed E-state index contributed by atoms with van der Waals surface area (Å²) in [6, 6.07) is 10.5. The van der Waals surface area contributed by atoms with Crippen molar-refractivity contribution >= 4 is 41.7 Å². The monoisotopic (exact) mass is 491 g/mol. The fourth-order valence-electron chi connectivity index (χ4n) is 2.90. The number of nitrogens with zero attached hydrogens (tertiary/aromatic N) is 3. The third-order valence-electron chi connectivity index (χ3n) is 4.49. The summed E-state index contributed by atoms with van der Waals surface area (Å²) < 4.78 is 0. The van der Waals surface area contributed by atoms with Crippen molar-refractivity contribution in [3.05, 3.63) is 30.3 Å². The first-order valence-corrected chi connectivity index (χ1v) is 10.2. The van der Waals surface area contributed by atoms with Crippen LogP contribution in [0.4, 0.5) is 0 Å². The van der Waals surface area contributed by atoms with Crippen LogP contribution in [0.15, 0.2) is 40.2 Å². The van der Waals surface area contributed by atoms with Crippen LogP contribution in [0.5, 0.6) is 0 Å². The zero-order valence-electron chi connectivity index (χ0n) is 16.3. The number of piperazine rings is 1. The summed E-state index contributed by atoms with van der Waals surface area (Å²) in [7, 11) is 1.84. The minimum Gasteiger partial charge on any atom is -0.355 e. The molecule has 7 heteroatoms. The zero-order valence-corrected chi connectivity index (χ0v) is 19.4. The van der Waals surface area contributed by atoms with Crippen molar-refractivity contribution in [2.75, 3.05) is 59.4 Å². The number of halogens is 1. The molecule has 1 aliphatic heterocycles. The number of nitrogens with one attached hydrogen (secondary N) is 2. The van der Waals surface area contributed by atoms with Gasteiger partial charge in [-0.2, -0.15) is 0 Å². The molecule has 1 unspecified atom stereocenters. The van der Waals surface area contributed by atoms with Gasteiger partial charge in [-0.1, -0.05) is 32.0 Å². The van der Waals surface area contributed by atoms with Crippen LogP contribution in [0.1, 0.15) is 13.8 Å². The number of benzene rings is 1. The van der Waals surface area contributed by atoms with Gasteiger partial charge in [0, 0.05) is 63.0 Å². The highest BCUT2D eigenvalue weighted by molar-refractivity contribution is 14.0. The van der Waals surface area contributed by atoms with Gasteiger partial charge in [0.15, 0.2) is 5.96 Å². The largest absolute Gasteiger partial charge is 0.355 e. The molecule has 1 saturated heterocycles. The van der Waals surface area contributed by atoms with Gasteiger partial charge < -0.3 is 15.5 Å². The van der Waals surface area contributed by atoms with Crippen molar-refractivity contribution < 1.29 is 0 Å². The van der Waals surface area contributed by atoms with Gasteiger partial charge in [0.25, 0.3) is 0 Å². The number of hydrogen-bond donors (Lipinski definition) is 2. The molecule has 0 aromatic heterocycles. The van der Waals surface area contributed by atoms with Gasteiger partial charge in [0.2, 0.25) is 0 Å². The van der Waals surface area contributed by atoms with Crippen molar-refractivity contribution in [3.8, 4) is 0 Å². The first-order chi connectivity index (χ1) is 12.2. The Labute approximate surface area is 180 Å². The van der Waals surface area contributed by atoms with E-state index in [1.165, 1.54) is 37.6 Å². The molecule has 2 N–H and O–H groups in total. The Kier molecular flexibility index (Phi) is 12.3. The lowest BCUT2D eigenvalue weighted by Gasteiger charge is -2.34. The van der Waals surface area contributed by atoms with Crippen molar-refractivity contribution in [1.82, 2.24) is 20.4 Å². The van der Waals surface area contributed by atoms with Crippen LogP contribution in [0.3, 0.4) is 0 Å². The Bertz CT molecular complexity index is 506. The highest BCUT2D eigenvalue weighted by Gasteiger charge is 2.14. The van der Waals surface area contributed by atoms with Crippen molar-refractivity contribution in [2.24, 2.45) is 4.99 Å². The number of hydrogen-bond acceptors (Lipinski definition) is 4. The molecule has 1 fully saturated rings. The summed E-state index contributed by atoms with van der Waals surface area (Å²) in [5.41, 5.74) is 0. The van der Waals surface area contributed by atoms with Crippen molar-refractivity contribution in [2.45, 2.75) is 24.0 Å².